The first-order valence-corrected chi connectivity index (χ1v) is 15.0. The first kappa shape index (κ1) is 29.8. The van der Waals surface area contributed by atoms with Gasteiger partial charge in [-0.2, -0.15) is 0 Å². The number of phenols is 5. The van der Waals surface area contributed by atoms with Crippen molar-refractivity contribution in [1.82, 2.24) is 0 Å². The summed E-state index contributed by atoms with van der Waals surface area (Å²) in [4.78, 5) is 0. The molecule has 1 aliphatic rings. The van der Waals surface area contributed by atoms with E-state index in [1.807, 2.05) is 57.2 Å². The van der Waals surface area contributed by atoms with Gasteiger partial charge < -0.3 is 37.0 Å². The van der Waals surface area contributed by atoms with E-state index in [-0.39, 0.29) is 60.9 Å². The standard InChI is InChI=1S/C38H38N2O5/c1-19-4-22-10-24-6-20(2)8-26(35(24)42)12-28-15-32(39)17-30(37(28)44)14-31-18-33(40)16-29(38(31)45)13-27-9-21(3)7-25(36(27)43)11-23(5-19)34(22)41/h4-9,15-18,41-45H,10-14,39-40H2,1-3H3. The van der Waals surface area contributed by atoms with Crippen LogP contribution in [0.5, 0.6) is 28.7 Å². The van der Waals surface area contributed by atoms with Crippen molar-refractivity contribution in [2.24, 2.45) is 0 Å². The molecule has 0 spiro atoms. The maximum atomic E-state index is 11.5. The van der Waals surface area contributed by atoms with Crippen molar-refractivity contribution in [2.75, 3.05) is 11.5 Å². The third kappa shape index (κ3) is 5.81. The molecule has 45 heavy (non-hydrogen) atoms. The molecule has 0 heterocycles. The molecule has 5 aromatic carbocycles. The van der Waals surface area contributed by atoms with E-state index >= 15 is 0 Å². The number of nitrogens with two attached hydrogens (primary N) is 2. The zero-order valence-corrected chi connectivity index (χ0v) is 25.7. The number of rotatable bonds is 0. The van der Waals surface area contributed by atoms with E-state index in [1.165, 1.54) is 0 Å². The van der Waals surface area contributed by atoms with E-state index in [4.69, 9.17) is 11.5 Å². The third-order valence-corrected chi connectivity index (χ3v) is 8.72. The van der Waals surface area contributed by atoms with Crippen molar-refractivity contribution >= 4 is 11.4 Å². The highest BCUT2D eigenvalue weighted by atomic mass is 16.3. The summed E-state index contributed by atoms with van der Waals surface area (Å²) in [5.41, 5.74) is 22.2. The van der Waals surface area contributed by atoms with Gasteiger partial charge in [0.1, 0.15) is 28.7 Å². The van der Waals surface area contributed by atoms with Crippen LogP contribution in [0.4, 0.5) is 11.4 Å². The molecular formula is C38H38N2O5. The van der Waals surface area contributed by atoms with E-state index in [9.17, 15) is 25.5 Å². The zero-order valence-electron chi connectivity index (χ0n) is 25.7. The smallest absolute Gasteiger partial charge is 0.122 e. The van der Waals surface area contributed by atoms with Crippen LogP contribution in [0.15, 0.2) is 60.7 Å². The normalized spacial score (nSPS) is 13.0. The molecule has 1 aliphatic carbocycles. The summed E-state index contributed by atoms with van der Waals surface area (Å²) in [7, 11) is 0. The molecule has 230 valence electrons. The van der Waals surface area contributed by atoms with Crippen molar-refractivity contribution in [1.29, 1.82) is 0 Å². The number of phenolic OH excluding ortho intramolecular Hbond substituents is 5. The molecule has 0 saturated carbocycles. The summed E-state index contributed by atoms with van der Waals surface area (Å²) < 4.78 is 0. The number of aryl methyl sites for hydroxylation is 3. The van der Waals surface area contributed by atoms with E-state index in [1.54, 1.807) is 24.3 Å². The molecule has 0 fully saturated rings. The molecule has 0 aliphatic heterocycles. The highest BCUT2D eigenvalue weighted by Gasteiger charge is 2.21. The Morgan fingerprint density at radius 2 is 0.489 bits per heavy atom. The third-order valence-electron chi connectivity index (χ3n) is 8.72. The summed E-state index contributed by atoms with van der Waals surface area (Å²) in [5, 5.41) is 57.2. The molecule has 0 atom stereocenters. The molecule has 0 saturated heterocycles. The average molecular weight is 603 g/mol. The number of hydrogen-bond acceptors (Lipinski definition) is 7. The number of nitrogen functional groups attached to an aromatic ring is 2. The molecule has 7 heteroatoms. The Morgan fingerprint density at radius 1 is 0.333 bits per heavy atom. The van der Waals surface area contributed by atoms with Gasteiger partial charge in [-0.3, -0.25) is 0 Å². The van der Waals surface area contributed by atoms with Gasteiger partial charge in [0.05, 0.1) is 0 Å². The molecule has 0 aromatic heterocycles. The second-order valence-corrected chi connectivity index (χ2v) is 12.6. The van der Waals surface area contributed by atoms with Gasteiger partial charge in [0.25, 0.3) is 0 Å². The SMILES string of the molecule is Cc1cc2c(O)c(c1)Cc1cc(C)cc(c1O)Cc1cc(N)cc(c1O)Cc1cc(N)cc(c1O)Cc1cc(C)cc(c1O)C2. The second-order valence-electron chi connectivity index (χ2n) is 12.6. The predicted molar refractivity (Wildman–Crippen MR) is 178 cm³/mol. The van der Waals surface area contributed by atoms with Crippen LogP contribution in [0.1, 0.15) is 72.3 Å². The van der Waals surface area contributed by atoms with Crippen molar-refractivity contribution in [2.45, 2.75) is 52.9 Å². The lowest BCUT2D eigenvalue weighted by Crippen LogP contribution is -2.03. The fraction of sp³-hybridized carbons (Fsp3) is 0.211. The molecule has 0 amide bonds. The van der Waals surface area contributed by atoms with Gasteiger partial charge in [-0.1, -0.05) is 53.1 Å². The highest BCUT2D eigenvalue weighted by Crippen LogP contribution is 2.40. The quantitative estimate of drug-likeness (QED) is 0.0766. The van der Waals surface area contributed by atoms with Gasteiger partial charge >= 0.3 is 0 Å². The van der Waals surface area contributed by atoms with E-state index in [0.29, 0.717) is 67.0 Å². The zero-order chi connectivity index (χ0) is 32.2. The average Bonchev–Trinajstić information content (AvgIpc) is 2.96. The highest BCUT2D eigenvalue weighted by molar-refractivity contribution is 5.61. The summed E-state index contributed by atoms with van der Waals surface area (Å²) in [6.45, 7) is 5.83. The molecule has 0 radical (unpaired) electrons. The molecule has 6 rings (SSSR count). The second kappa shape index (κ2) is 11.3. The Bertz CT molecular complexity index is 1550. The van der Waals surface area contributed by atoms with E-state index < -0.39 is 0 Å². The van der Waals surface area contributed by atoms with Gasteiger partial charge in [-0.15, -0.1) is 0 Å². The molecule has 0 unspecified atom stereocenters. The largest absolute Gasteiger partial charge is 0.507 e. The van der Waals surface area contributed by atoms with Crippen LogP contribution in [-0.4, -0.2) is 25.5 Å². The van der Waals surface area contributed by atoms with Crippen LogP contribution in [-0.2, 0) is 32.1 Å². The lowest BCUT2D eigenvalue weighted by molar-refractivity contribution is 0.451. The van der Waals surface area contributed by atoms with Crippen LogP contribution in [0.3, 0.4) is 0 Å². The molecule has 10 bridgehead atoms. The van der Waals surface area contributed by atoms with Crippen molar-refractivity contribution in [3.63, 3.8) is 0 Å². The first-order chi connectivity index (χ1) is 21.4. The van der Waals surface area contributed by atoms with Crippen LogP contribution in [0, 0.1) is 20.8 Å². The number of fused-ring (bicyclic) bond motifs is 10. The van der Waals surface area contributed by atoms with Crippen molar-refractivity contribution < 1.29 is 25.5 Å². The molecular weight excluding hydrogens is 564 g/mol. The summed E-state index contributed by atoms with van der Waals surface area (Å²) in [5.74, 6) is 0.314. The molecule has 5 aromatic rings. The van der Waals surface area contributed by atoms with Gasteiger partial charge in [0.2, 0.25) is 0 Å². The Hall–Kier alpha value is -5.30. The minimum absolute atomic E-state index is 0.0198. The number of hydrogen-bond donors (Lipinski definition) is 7. The molecule has 9 N–H and O–H groups in total. The van der Waals surface area contributed by atoms with Crippen molar-refractivity contribution in [3.8, 4) is 28.7 Å². The van der Waals surface area contributed by atoms with Crippen LogP contribution >= 0.6 is 0 Å². The number of aromatic hydroxyl groups is 5. The van der Waals surface area contributed by atoms with E-state index in [0.717, 1.165) is 16.7 Å². The van der Waals surface area contributed by atoms with Crippen LogP contribution in [0.25, 0.3) is 0 Å². The van der Waals surface area contributed by atoms with Gasteiger partial charge in [-0.25, -0.2) is 0 Å². The Morgan fingerprint density at radius 3 is 0.667 bits per heavy atom. The lowest BCUT2D eigenvalue weighted by atomic mass is 9.89. The number of anilines is 2. The van der Waals surface area contributed by atoms with Gasteiger partial charge in [-0.05, 0) is 78.4 Å². The maximum absolute atomic E-state index is 11.5. The van der Waals surface area contributed by atoms with Crippen molar-refractivity contribution in [3.05, 3.63) is 133 Å². The monoisotopic (exact) mass is 602 g/mol. The van der Waals surface area contributed by atoms with Gasteiger partial charge in [0, 0.05) is 65.7 Å². The molecule has 7 nitrogen and oxygen atoms in total. The summed E-state index contributed by atoms with van der Waals surface area (Å²) >= 11 is 0. The van der Waals surface area contributed by atoms with Crippen LogP contribution in [0.2, 0.25) is 0 Å². The van der Waals surface area contributed by atoms with Gasteiger partial charge in [0.15, 0.2) is 0 Å². The Labute approximate surface area is 262 Å². The fourth-order valence-electron chi connectivity index (χ4n) is 6.75. The Kier molecular flexibility index (Phi) is 7.49. The summed E-state index contributed by atoms with van der Waals surface area (Å²) in [6, 6.07) is 18.1. The van der Waals surface area contributed by atoms with Crippen LogP contribution < -0.4 is 11.5 Å². The first-order valence-electron chi connectivity index (χ1n) is 15.0. The topological polar surface area (TPSA) is 153 Å². The lowest BCUT2D eigenvalue weighted by Gasteiger charge is -2.19. The Balaban J connectivity index is 1.60. The maximum Gasteiger partial charge on any atom is 0.122 e. The minimum atomic E-state index is 0.0198. The predicted octanol–water partition coefficient (Wildman–Crippen LogP) is 6.57. The fourth-order valence-corrected chi connectivity index (χ4v) is 6.75. The summed E-state index contributed by atoms with van der Waals surface area (Å²) in [6.07, 6.45) is 1.18. The van der Waals surface area contributed by atoms with E-state index in [2.05, 4.69) is 0 Å². The number of benzene rings is 5. The minimum Gasteiger partial charge on any atom is -0.507 e.